The van der Waals surface area contributed by atoms with Gasteiger partial charge >= 0.3 is 0 Å². The summed E-state index contributed by atoms with van der Waals surface area (Å²) in [5, 5.41) is 20.0. The van der Waals surface area contributed by atoms with Crippen LogP contribution in [0, 0.1) is 46.3 Å². The van der Waals surface area contributed by atoms with E-state index < -0.39 is 5.60 Å². The van der Waals surface area contributed by atoms with Crippen molar-refractivity contribution in [3.8, 4) is 0 Å². The maximum absolute atomic E-state index is 10.2. The predicted octanol–water partition coefficient (Wildman–Crippen LogP) is 7.02. The zero-order valence-corrected chi connectivity index (χ0v) is 20.6. The summed E-state index contributed by atoms with van der Waals surface area (Å²) in [5.74, 6) is 3.75. The van der Waals surface area contributed by atoms with Crippen LogP contribution in [0.1, 0.15) is 92.4 Å². The van der Waals surface area contributed by atoms with Gasteiger partial charge in [0.25, 0.3) is 0 Å². The third-order valence-corrected chi connectivity index (χ3v) is 11.0. The van der Waals surface area contributed by atoms with E-state index in [2.05, 4.69) is 47.3 Å². The fraction of sp³-hybridized carbons (Fsp3) is 0.857. The molecule has 3 heteroatoms. The van der Waals surface area contributed by atoms with E-state index in [1.165, 1.54) is 32.1 Å². The Hall–Kier alpha value is -0.640. The molecule has 3 nitrogen and oxygen atoms in total. The van der Waals surface area contributed by atoms with E-state index in [1.807, 2.05) is 6.08 Å². The highest BCUT2D eigenvalue weighted by Crippen LogP contribution is 2.67. The number of allylic oxidation sites excluding steroid dienone is 1. The van der Waals surface area contributed by atoms with Gasteiger partial charge in [0.05, 0.1) is 6.10 Å². The Balaban J connectivity index is 1.55. The van der Waals surface area contributed by atoms with Crippen LogP contribution >= 0.6 is 0 Å². The van der Waals surface area contributed by atoms with Crippen LogP contribution in [0.25, 0.3) is 0 Å². The molecule has 3 fully saturated rings. The molecule has 4 rings (SSSR count). The topological polar surface area (TPSA) is 49.7 Å². The van der Waals surface area contributed by atoms with Crippen molar-refractivity contribution in [1.29, 1.82) is 0 Å². The van der Waals surface area contributed by atoms with Crippen molar-refractivity contribution in [1.82, 2.24) is 0 Å². The lowest BCUT2D eigenvalue weighted by Crippen LogP contribution is -2.51. The molecule has 9 atom stereocenters. The first-order chi connectivity index (χ1) is 14.6. The monoisotopic (exact) mass is 430 g/mol. The fourth-order valence-corrected chi connectivity index (χ4v) is 9.00. The van der Waals surface area contributed by atoms with Gasteiger partial charge in [0.1, 0.15) is 5.60 Å². The van der Waals surface area contributed by atoms with Crippen LogP contribution in [0.15, 0.2) is 24.3 Å². The first kappa shape index (κ1) is 23.5. The number of aliphatic hydroxyl groups excluding tert-OH is 1. The van der Waals surface area contributed by atoms with Gasteiger partial charge in [0.15, 0.2) is 0 Å². The van der Waals surface area contributed by atoms with E-state index in [1.54, 1.807) is 5.57 Å². The van der Waals surface area contributed by atoms with Crippen LogP contribution in [-0.2, 0) is 4.89 Å². The van der Waals surface area contributed by atoms with Gasteiger partial charge in [-0.1, -0.05) is 52.3 Å². The van der Waals surface area contributed by atoms with Gasteiger partial charge in [-0.25, -0.2) is 4.89 Å². The maximum atomic E-state index is 10.2. The van der Waals surface area contributed by atoms with Crippen molar-refractivity contribution in [3.05, 3.63) is 24.3 Å². The SMILES string of the molecule is C=CC(C[C@@H](C)[C@H]1CC[C@H]2[C@@H]3CC=C4C[C@@H](O)CC[C@]4(C)[C@H]3CC[C@]12C)(OO)C(C)C. The van der Waals surface area contributed by atoms with Crippen LogP contribution in [-0.4, -0.2) is 22.1 Å². The highest BCUT2D eigenvalue weighted by molar-refractivity contribution is 5.25. The van der Waals surface area contributed by atoms with Crippen molar-refractivity contribution in [2.24, 2.45) is 46.3 Å². The maximum Gasteiger partial charge on any atom is 0.124 e. The molecule has 4 aliphatic carbocycles. The number of rotatable bonds is 6. The summed E-state index contributed by atoms with van der Waals surface area (Å²) in [6.07, 6.45) is 14.6. The lowest BCUT2D eigenvalue weighted by Gasteiger charge is -2.58. The molecular weight excluding hydrogens is 384 g/mol. The van der Waals surface area contributed by atoms with Crippen molar-refractivity contribution < 1.29 is 15.3 Å². The van der Waals surface area contributed by atoms with Gasteiger partial charge in [-0.3, -0.25) is 5.26 Å². The van der Waals surface area contributed by atoms with Crippen molar-refractivity contribution in [2.75, 3.05) is 0 Å². The fourth-order valence-electron chi connectivity index (χ4n) is 9.00. The summed E-state index contributed by atoms with van der Waals surface area (Å²) in [4.78, 5) is 5.07. The van der Waals surface area contributed by atoms with Crippen LogP contribution in [0.4, 0.5) is 0 Å². The predicted molar refractivity (Wildman–Crippen MR) is 126 cm³/mol. The summed E-state index contributed by atoms with van der Waals surface area (Å²) in [7, 11) is 0. The molecule has 0 amide bonds. The molecule has 176 valence electrons. The molecule has 0 bridgehead atoms. The molecule has 0 heterocycles. The normalized spacial score (nSPS) is 45.2. The molecule has 0 aromatic rings. The minimum atomic E-state index is -0.649. The second-order valence-electron chi connectivity index (χ2n) is 12.5. The number of hydrogen-bond donors (Lipinski definition) is 2. The van der Waals surface area contributed by atoms with Gasteiger partial charge < -0.3 is 5.11 Å². The van der Waals surface area contributed by atoms with E-state index in [0.717, 1.165) is 43.4 Å². The Labute approximate surface area is 190 Å². The molecule has 0 aromatic carbocycles. The Morgan fingerprint density at radius 1 is 1.16 bits per heavy atom. The summed E-state index contributed by atoms with van der Waals surface area (Å²) in [5.41, 5.74) is 1.61. The Bertz CT molecular complexity index is 713. The van der Waals surface area contributed by atoms with Gasteiger partial charge in [-0.05, 0) is 104 Å². The molecule has 31 heavy (non-hydrogen) atoms. The van der Waals surface area contributed by atoms with E-state index in [9.17, 15) is 10.4 Å². The molecule has 0 aromatic heterocycles. The third kappa shape index (κ3) is 3.58. The molecular formula is C28H46O3. The molecule has 0 spiro atoms. The van der Waals surface area contributed by atoms with E-state index in [0.29, 0.717) is 22.7 Å². The standard InChI is InChI=1S/C28H46O3/c1-7-28(31-30,18(2)3)17-19(4)23-10-11-24-22-9-8-20-16-21(29)12-14-26(20,5)25(22)13-15-27(23,24)6/h7-8,18-19,21-25,29-30H,1,9-17H2,2-6H3/t19-,21+,22+,23-,24+,25+,26+,27-,28?/m1/s1. The minimum Gasteiger partial charge on any atom is -0.393 e. The molecule has 0 radical (unpaired) electrons. The number of hydrogen-bond acceptors (Lipinski definition) is 3. The second-order valence-corrected chi connectivity index (χ2v) is 12.5. The van der Waals surface area contributed by atoms with Crippen LogP contribution < -0.4 is 0 Å². The third-order valence-electron chi connectivity index (χ3n) is 11.0. The summed E-state index contributed by atoms with van der Waals surface area (Å²) in [6, 6.07) is 0. The average molecular weight is 431 g/mol. The zero-order chi connectivity index (χ0) is 22.6. The average Bonchev–Trinajstić information content (AvgIpc) is 3.09. The zero-order valence-electron chi connectivity index (χ0n) is 20.6. The van der Waals surface area contributed by atoms with Gasteiger partial charge in [0.2, 0.25) is 0 Å². The summed E-state index contributed by atoms with van der Waals surface area (Å²) >= 11 is 0. The van der Waals surface area contributed by atoms with Gasteiger partial charge in [-0.2, -0.15) is 0 Å². The van der Waals surface area contributed by atoms with Gasteiger partial charge in [-0.15, -0.1) is 6.58 Å². The largest absolute Gasteiger partial charge is 0.393 e. The quantitative estimate of drug-likeness (QED) is 0.270. The van der Waals surface area contributed by atoms with E-state index in [-0.39, 0.29) is 12.0 Å². The molecule has 0 aliphatic heterocycles. The van der Waals surface area contributed by atoms with Crippen molar-refractivity contribution in [3.63, 3.8) is 0 Å². The second kappa shape index (κ2) is 8.29. The number of fused-ring (bicyclic) bond motifs is 5. The lowest BCUT2D eigenvalue weighted by molar-refractivity contribution is -0.323. The molecule has 2 N–H and O–H groups in total. The molecule has 0 saturated heterocycles. The highest BCUT2D eigenvalue weighted by Gasteiger charge is 2.59. The molecule has 1 unspecified atom stereocenters. The Kier molecular flexibility index (Phi) is 6.29. The number of aliphatic hydroxyl groups is 1. The van der Waals surface area contributed by atoms with E-state index >= 15 is 0 Å². The van der Waals surface area contributed by atoms with Crippen LogP contribution in [0.2, 0.25) is 0 Å². The first-order valence-electron chi connectivity index (χ1n) is 12.9. The smallest absolute Gasteiger partial charge is 0.124 e. The Morgan fingerprint density at radius 3 is 2.55 bits per heavy atom. The van der Waals surface area contributed by atoms with Crippen LogP contribution in [0.5, 0.6) is 0 Å². The first-order valence-corrected chi connectivity index (χ1v) is 12.9. The molecule has 4 aliphatic rings. The van der Waals surface area contributed by atoms with Crippen molar-refractivity contribution >= 4 is 0 Å². The lowest BCUT2D eigenvalue weighted by atomic mass is 9.47. The van der Waals surface area contributed by atoms with E-state index in [4.69, 9.17) is 4.89 Å². The molecule has 3 saturated carbocycles. The van der Waals surface area contributed by atoms with Crippen molar-refractivity contribution in [2.45, 2.75) is 104 Å². The highest BCUT2D eigenvalue weighted by atomic mass is 17.1. The summed E-state index contributed by atoms with van der Waals surface area (Å²) < 4.78 is 0. The Morgan fingerprint density at radius 2 is 1.90 bits per heavy atom. The minimum absolute atomic E-state index is 0.124. The van der Waals surface area contributed by atoms with Crippen LogP contribution in [0.3, 0.4) is 0 Å². The van der Waals surface area contributed by atoms with Gasteiger partial charge in [0, 0.05) is 0 Å². The summed E-state index contributed by atoms with van der Waals surface area (Å²) in [6.45, 7) is 15.7.